The van der Waals surface area contributed by atoms with E-state index in [1.165, 1.54) is 24.9 Å². The van der Waals surface area contributed by atoms with Crippen LogP contribution in [0, 0.1) is 5.92 Å². The van der Waals surface area contributed by atoms with E-state index in [4.69, 9.17) is 5.73 Å². The molecule has 3 N–H and O–H groups in total. The monoisotopic (exact) mass is 275 g/mol. The summed E-state index contributed by atoms with van der Waals surface area (Å²) >= 11 is 0. The number of amides is 1. The van der Waals surface area contributed by atoms with Gasteiger partial charge < -0.3 is 16.0 Å². The molecular formula is C16H25N3O. The standard InChI is InChI=1S/C16H25N3O/c1-12(13(2)17)16(20)18-14-6-8-15(9-7-14)19-10-4-3-5-11-19/h6-9,12-13H,3-5,10-11,17H2,1-2H3,(H,18,20). The summed E-state index contributed by atoms with van der Waals surface area (Å²) in [5, 5.41) is 2.92. The van der Waals surface area contributed by atoms with E-state index in [-0.39, 0.29) is 17.9 Å². The van der Waals surface area contributed by atoms with Crippen molar-refractivity contribution in [3.63, 3.8) is 0 Å². The average Bonchev–Trinajstić information content (AvgIpc) is 2.48. The molecule has 2 rings (SSSR count). The van der Waals surface area contributed by atoms with Gasteiger partial charge >= 0.3 is 0 Å². The Morgan fingerprint density at radius 2 is 1.75 bits per heavy atom. The summed E-state index contributed by atoms with van der Waals surface area (Å²) in [5.74, 6) is -0.206. The molecule has 4 nitrogen and oxygen atoms in total. The number of carbonyl (C=O) groups excluding carboxylic acids is 1. The van der Waals surface area contributed by atoms with Crippen LogP contribution in [0.1, 0.15) is 33.1 Å². The number of hydrogen-bond acceptors (Lipinski definition) is 3. The highest BCUT2D eigenvalue weighted by Gasteiger charge is 2.17. The molecule has 110 valence electrons. The first-order valence-corrected chi connectivity index (χ1v) is 7.49. The predicted octanol–water partition coefficient (Wildman–Crippen LogP) is 2.60. The first kappa shape index (κ1) is 14.9. The second-order valence-corrected chi connectivity index (χ2v) is 5.73. The van der Waals surface area contributed by atoms with E-state index in [9.17, 15) is 4.79 Å². The molecule has 0 bridgehead atoms. The van der Waals surface area contributed by atoms with Crippen molar-refractivity contribution in [1.82, 2.24) is 0 Å². The van der Waals surface area contributed by atoms with Gasteiger partial charge in [0.25, 0.3) is 0 Å². The first-order chi connectivity index (χ1) is 9.58. The lowest BCUT2D eigenvalue weighted by atomic mass is 10.0. The molecule has 4 heteroatoms. The highest BCUT2D eigenvalue weighted by molar-refractivity contribution is 5.92. The van der Waals surface area contributed by atoms with Crippen molar-refractivity contribution in [2.24, 2.45) is 11.7 Å². The van der Waals surface area contributed by atoms with Crippen LogP contribution in [0.4, 0.5) is 11.4 Å². The third-order valence-corrected chi connectivity index (χ3v) is 4.06. The number of nitrogens with zero attached hydrogens (tertiary/aromatic N) is 1. The Morgan fingerprint density at radius 1 is 1.15 bits per heavy atom. The zero-order valence-corrected chi connectivity index (χ0v) is 12.4. The summed E-state index contributed by atoms with van der Waals surface area (Å²) in [7, 11) is 0. The van der Waals surface area contributed by atoms with Crippen LogP contribution in [-0.2, 0) is 4.79 Å². The van der Waals surface area contributed by atoms with E-state index < -0.39 is 0 Å². The fraction of sp³-hybridized carbons (Fsp3) is 0.562. The maximum atomic E-state index is 11.9. The van der Waals surface area contributed by atoms with Gasteiger partial charge in [-0.1, -0.05) is 6.92 Å². The maximum absolute atomic E-state index is 11.9. The summed E-state index contributed by atoms with van der Waals surface area (Å²) < 4.78 is 0. The van der Waals surface area contributed by atoms with Crippen molar-refractivity contribution in [3.05, 3.63) is 24.3 Å². The number of hydrogen-bond donors (Lipinski definition) is 2. The molecule has 0 radical (unpaired) electrons. The van der Waals surface area contributed by atoms with Gasteiger partial charge in [-0.25, -0.2) is 0 Å². The molecule has 20 heavy (non-hydrogen) atoms. The quantitative estimate of drug-likeness (QED) is 0.888. The van der Waals surface area contributed by atoms with Gasteiger partial charge in [0.15, 0.2) is 0 Å². The minimum Gasteiger partial charge on any atom is -0.372 e. The molecule has 0 aromatic heterocycles. The summed E-state index contributed by atoms with van der Waals surface area (Å²) in [6.07, 6.45) is 3.87. The number of piperidine rings is 1. The summed E-state index contributed by atoms with van der Waals surface area (Å²) in [6, 6.07) is 7.96. The highest BCUT2D eigenvalue weighted by Crippen LogP contribution is 2.22. The van der Waals surface area contributed by atoms with E-state index >= 15 is 0 Å². The van der Waals surface area contributed by atoms with Crippen LogP contribution in [0.15, 0.2) is 24.3 Å². The number of nitrogens with one attached hydrogen (secondary N) is 1. The van der Waals surface area contributed by atoms with Gasteiger partial charge in [-0.05, 0) is 50.5 Å². The van der Waals surface area contributed by atoms with Crippen molar-refractivity contribution in [2.75, 3.05) is 23.3 Å². The molecule has 1 aliphatic heterocycles. The van der Waals surface area contributed by atoms with E-state index in [1.807, 2.05) is 26.0 Å². The second kappa shape index (κ2) is 6.75. The highest BCUT2D eigenvalue weighted by atomic mass is 16.1. The topological polar surface area (TPSA) is 58.4 Å². The normalized spacial score (nSPS) is 18.4. The summed E-state index contributed by atoms with van der Waals surface area (Å²) in [6.45, 7) is 5.96. The smallest absolute Gasteiger partial charge is 0.228 e. The summed E-state index contributed by atoms with van der Waals surface area (Å²) in [5.41, 5.74) is 7.82. The Morgan fingerprint density at radius 3 is 2.30 bits per heavy atom. The minimum atomic E-state index is -0.184. The van der Waals surface area contributed by atoms with E-state index in [0.29, 0.717) is 0 Å². The van der Waals surface area contributed by atoms with Crippen molar-refractivity contribution in [2.45, 2.75) is 39.2 Å². The third-order valence-electron chi connectivity index (χ3n) is 4.06. The van der Waals surface area contributed by atoms with E-state index in [0.717, 1.165) is 18.8 Å². The predicted molar refractivity (Wildman–Crippen MR) is 83.9 cm³/mol. The van der Waals surface area contributed by atoms with Gasteiger partial charge in [0.1, 0.15) is 0 Å². The lowest BCUT2D eigenvalue weighted by Gasteiger charge is -2.28. The number of benzene rings is 1. The molecule has 1 amide bonds. The Hall–Kier alpha value is -1.55. The van der Waals surface area contributed by atoms with Crippen molar-refractivity contribution in [1.29, 1.82) is 0 Å². The fourth-order valence-corrected chi connectivity index (χ4v) is 2.40. The Bertz CT molecular complexity index is 436. The molecule has 1 heterocycles. The Balaban J connectivity index is 1.96. The fourth-order valence-electron chi connectivity index (χ4n) is 2.40. The van der Waals surface area contributed by atoms with Crippen molar-refractivity contribution < 1.29 is 4.79 Å². The van der Waals surface area contributed by atoms with Crippen LogP contribution < -0.4 is 16.0 Å². The van der Waals surface area contributed by atoms with E-state index in [2.05, 4.69) is 22.3 Å². The van der Waals surface area contributed by atoms with Crippen LogP contribution >= 0.6 is 0 Å². The van der Waals surface area contributed by atoms with Crippen LogP contribution in [-0.4, -0.2) is 25.0 Å². The minimum absolute atomic E-state index is 0.0225. The lowest BCUT2D eigenvalue weighted by molar-refractivity contribution is -0.119. The molecule has 1 aromatic rings. The zero-order valence-electron chi connectivity index (χ0n) is 12.4. The van der Waals surface area contributed by atoms with Crippen LogP contribution in [0.5, 0.6) is 0 Å². The van der Waals surface area contributed by atoms with Gasteiger partial charge in [-0.2, -0.15) is 0 Å². The molecule has 2 atom stereocenters. The van der Waals surface area contributed by atoms with Crippen molar-refractivity contribution >= 4 is 17.3 Å². The molecule has 1 saturated heterocycles. The maximum Gasteiger partial charge on any atom is 0.228 e. The van der Waals surface area contributed by atoms with E-state index in [1.54, 1.807) is 0 Å². The molecule has 0 spiro atoms. The van der Waals surface area contributed by atoms with Crippen LogP contribution in [0.2, 0.25) is 0 Å². The molecule has 0 saturated carbocycles. The Labute approximate surface area is 121 Å². The van der Waals surface area contributed by atoms with Gasteiger partial charge in [0.05, 0.1) is 5.92 Å². The first-order valence-electron chi connectivity index (χ1n) is 7.49. The van der Waals surface area contributed by atoms with Gasteiger partial charge in [0.2, 0.25) is 5.91 Å². The third kappa shape index (κ3) is 3.73. The number of rotatable bonds is 4. The average molecular weight is 275 g/mol. The molecule has 1 aliphatic rings. The number of anilines is 2. The Kier molecular flexibility index (Phi) is 5.01. The zero-order chi connectivity index (χ0) is 14.5. The molecule has 2 unspecified atom stereocenters. The second-order valence-electron chi connectivity index (χ2n) is 5.73. The molecule has 1 aromatic carbocycles. The summed E-state index contributed by atoms with van der Waals surface area (Å²) in [4.78, 5) is 14.3. The molecular weight excluding hydrogens is 250 g/mol. The van der Waals surface area contributed by atoms with Gasteiger partial charge in [-0.15, -0.1) is 0 Å². The molecule has 1 fully saturated rings. The SMILES string of the molecule is CC(N)C(C)C(=O)Nc1ccc(N2CCCCC2)cc1. The largest absolute Gasteiger partial charge is 0.372 e. The lowest BCUT2D eigenvalue weighted by Crippen LogP contribution is -2.34. The molecule has 0 aliphatic carbocycles. The van der Waals surface area contributed by atoms with Gasteiger partial charge in [0, 0.05) is 30.5 Å². The number of nitrogens with two attached hydrogens (primary N) is 1. The van der Waals surface area contributed by atoms with Gasteiger partial charge in [-0.3, -0.25) is 4.79 Å². The number of carbonyl (C=O) groups is 1. The van der Waals surface area contributed by atoms with Crippen molar-refractivity contribution in [3.8, 4) is 0 Å². The van der Waals surface area contributed by atoms with Crippen LogP contribution in [0.3, 0.4) is 0 Å². The van der Waals surface area contributed by atoms with Crippen LogP contribution in [0.25, 0.3) is 0 Å².